The fourth-order valence-electron chi connectivity index (χ4n) is 3.62. The topological polar surface area (TPSA) is 61.8 Å². The fourth-order valence-corrected chi connectivity index (χ4v) is 4.51. The van der Waals surface area contributed by atoms with Crippen molar-refractivity contribution >= 4 is 28.1 Å². The molecule has 0 spiro atoms. The first-order valence-corrected chi connectivity index (χ1v) is 10.9. The first-order valence-electron chi connectivity index (χ1n) is 9.99. The van der Waals surface area contributed by atoms with Crippen LogP contribution in [0.2, 0.25) is 0 Å². The van der Waals surface area contributed by atoms with Gasteiger partial charge in [-0.2, -0.15) is 0 Å². The molecule has 2 saturated heterocycles. The van der Waals surface area contributed by atoms with Crippen LogP contribution in [0.4, 0.5) is 10.9 Å². The molecule has 0 amide bonds. The van der Waals surface area contributed by atoms with Crippen LogP contribution in [0.5, 0.6) is 0 Å². The molecule has 7 nitrogen and oxygen atoms in total. The Morgan fingerprint density at radius 2 is 1.86 bits per heavy atom. The zero-order chi connectivity index (χ0) is 19.2. The molecule has 28 heavy (non-hydrogen) atoms. The number of carbonyl (C=O) groups is 1. The number of ketones is 1. The molecule has 0 radical (unpaired) electrons. The summed E-state index contributed by atoms with van der Waals surface area (Å²) in [5.41, 5.74) is 0.620. The minimum Gasteiger partial charge on any atom is -0.379 e. The van der Waals surface area contributed by atoms with Crippen LogP contribution in [-0.2, 0) is 4.74 Å². The van der Waals surface area contributed by atoms with E-state index in [0.29, 0.717) is 12.1 Å². The summed E-state index contributed by atoms with van der Waals surface area (Å²) in [6, 6.07) is 6.01. The second-order valence-electron chi connectivity index (χ2n) is 7.16. The van der Waals surface area contributed by atoms with Gasteiger partial charge in [-0.05, 0) is 25.1 Å². The number of anilines is 2. The fraction of sp³-hybridized carbons (Fsp3) is 0.550. The standard InChI is InChI=1S/C20H27N5O2S/c26-18(4-3-7-23-12-14-27-15-13-23)17-16-28-20(22-17)25-10-8-24(9-11-25)19-5-1-2-6-21-19/h1-2,5-6,16H,3-4,7-15H2. The van der Waals surface area contributed by atoms with Crippen molar-refractivity contribution in [3.05, 3.63) is 35.5 Å². The maximum Gasteiger partial charge on any atom is 0.186 e. The van der Waals surface area contributed by atoms with Crippen molar-refractivity contribution in [3.8, 4) is 0 Å². The summed E-state index contributed by atoms with van der Waals surface area (Å²) >= 11 is 1.58. The number of piperazine rings is 1. The SMILES string of the molecule is O=C(CCCN1CCOCC1)c1csc(N2CCN(c3ccccn3)CC2)n1. The molecule has 0 aliphatic carbocycles. The Hall–Kier alpha value is -2.03. The van der Waals surface area contributed by atoms with Gasteiger partial charge in [-0.3, -0.25) is 9.69 Å². The number of hydrogen-bond acceptors (Lipinski definition) is 8. The number of carbonyl (C=O) groups excluding carboxylic acids is 1. The smallest absolute Gasteiger partial charge is 0.186 e. The third-order valence-corrected chi connectivity index (χ3v) is 6.18. The maximum absolute atomic E-state index is 12.5. The number of thiazole rings is 1. The van der Waals surface area contributed by atoms with Gasteiger partial charge >= 0.3 is 0 Å². The summed E-state index contributed by atoms with van der Waals surface area (Å²) in [7, 11) is 0. The van der Waals surface area contributed by atoms with Gasteiger partial charge in [-0.25, -0.2) is 9.97 Å². The zero-order valence-electron chi connectivity index (χ0n) is 16.1. The Morgan fingerprint density at radius 1 is 1.07 bits per heavy atom. The van der Waals surface area contributed by atoms with E-state index in [2.05, 4.69) is 24.7 Å². The Bertz CT molecular complexity index is 755. The molecule has 8 heteroatoms. The number of Topliss-reactive ketones (excluding diaryl/α,β-unsaturated/α-hetero) is 1. The Balaban J connectivity index is 1.24. The lowest BCUT2D eigenvalue weighted by atomic mass is 10.2. The lowest BCUT2D eigenvalue weighted by Crippen LogP contribution is -2.46. The Labute approximate surface area is 169 Å². The number of pyridine rings is 1. The molecule has 2 aliphatic heterocycles. The molecule has 0 aromatic carbocycles. The molecule has 2 aromatic heterocycles. The van der Waals surface area contributed by atoms with Crippen LogP contribution in [-0.4, -0.2) is 79.7 Å². The first-order chi connectivity index (χ1) is 13.8. The average molecular weight is 402 g/mol. The Kier molecular flexibility index (Phi) is 6.51. The Morgan fingerprint density at radius 3 is 2.61 bits per heavy atom. The van der Waals surface area contributed by atoms with Gasteiger partial charge in [0.1, 0.15) is 11.5 Å². The summed E-state index contributed by atoms with van der Waals surface area (Å²) in [4.78, 5) is 28.5. The summed E-state index contributed by atoms with van der Waals surface area (Å²) in [5, 5.41) is 2.87. The molecule has 2 aromatic rings. The number of hydrogen-bond donors (Lipinski definition) is 0. The highest BCUT2D eigenvalue weighted by Crippen LogP contribution is 2.24. The number of rotatable bonds is 7. The van der Waals surface area contributed by atoms with Crippen molar-refractivity contribution in [2.45, 2.75) is 12.8 Å². The molecular formula is C20H27N5O2S. The molecule has 4 rings (SSSR count). The van der Waals surface area contributed by atoms with Crippen molar-refractivity contribution in [2.75, 3.05) is 68.8 Å². The summed E-state index contributed by atoms with van der Waals surface area (Å²) in [6.45, 7) is 8.14. The molecule has 2 fully saturated rings. The van der Waals surface area contributed by atoms with Gasteiger partial charge in [0.25, 0.3) is 0 Å². The lowest BCUT2D eigenvalue weighted by Gasteiger charge is -2.35. The van der Waals surface area contributed by atoms with Crippen molar-refractivity contribution in [1.82, 2.24) is 14.9 Å². The van der Waals surface area contributed by atoms with E-state index in [9.17, 15) is 4.79 Å². The van der Waals surface area contributed by atoms with Crippen LogP contribution in [0.1, 0.15) is 23.3 Å². The third kappa shape index (κ3) is 4.87. The van der Waals surface area contributed by atoms with Crippen LogP contribution in [0.3, 0.4) is 0 Å². The van der Waals surface area contributed by atoms with E-state index in [0.717, 1.165) is 76.4 Å². The molecule has 2 aliphatic rings. The van der Waals surface area contributed by atoms with Gasteiger partial charge in [0, 0.05) is 57.3 Å². The molecule has 0 atom stereocenters. The predicted octanol–water partition coefficient (Wildman–Crippen LogP) is 2.16. The van der Waals surface area contributed by atoms with Crippen molar-refractivity contribution in [1.29, 1.82) is 0 Å². The molecular weight excluding hydrogens is 374 g/mol. The van der Waals surface area contributed by atoms with Gasteiger partial charge in [0.2, 0.25) is 0 Å². The minimum absolute atomic E-state index is 0.155. The molecule has 4 heterocycles. The van der Waals surface area contributed by atoms with Crippen molar-refractivity contribution in [2.24, 2.45) is 0 Å². The quantitative estimate of drug-likeness (QED) is 0.659. The van der Waals surface area contributed by atoms with E-state index in [1.165, 1.54) is 0 Å². The van der Waals surface area contributed by atoms with Crippen LogP contribution in [0.25, 0.3) is 0 Å². The van der Waals surface area contributed by atoms with Crippen LogP contribution >= 0.6 is 11.3 Å². The summed E-state index contributed by atoms with van der Waals surface area (Å²) in [5.74, 6) is 1.18. The van der Waals surface area contributed by atoms with E-state index < -0.39 is 0 Å². The highest BCUT2D eigenvalue weighted by molar-refractivity contribution is 7.13. The summed E-state index contributed by atoms with van der Waals surface area (Å²) in [6.07, 6.45) is 3.28. The number of aromatic nitrogens is 2. The first kappa shape index (κ1) is 19.3. The second kappa shape index (κ2) is 9.45. The lowest BCUT2D eigenvalue weighted by molar-refractivity contribution is 0.0371. The summed E-state index contributed by atoms with van der Waals surface area (Å²) < 4.78 is 5.36. The molecule has 0 N–H and O–H groups in total. The van der Waals surface area contributed by atoms with Gasteiger partial charge in [-0.15, -0.1) is 11.3 Å². The van der Waals surface area contributed by atoms with Crippen LogP contribution in [0.15, 0.2) is 29.8 Å². The molecule has 0 saturated carbocycles. The largest absolute Gasteiger partial charge is 0.379 e. The minimum atomic E-state index is 0.155. The average Bonchev–Trinajstić information content (AvgIpc) is 3.26. The molecule has 0 unspecified atom stereocenters. The normalized spacial score (nSPS) is 18.4. The zero-order valence-corrected chi connectivity index (χ0v) is 16.9. The monoisotopic (exact) mass is 401 g/mol. The van der Waals surface area contributed by atoms with Crippen LogP contribution < -0.4 is 9.80 Å². The molecule has 0 bridgehead atoms. The van der Waals surface area contributed by atoms with Gasteiger partial charge in [-0.1, -0.05) is 6.07 Å². The van der Waals surface area contributed by atoms with E-state index in [-0.39, 0.29) is 5.78 Å². The number of morpholine rings is 1. The second-order valence-corrected chi connectivity index (χ2v) is 7.99. The van der Waals surface area contributed by atoms with E-state index in [4.69, 9.17) is 4.74 Å². The van der Waals surface area contributed by atoms with Gasteiger partial charge in [0.15, 0.2) is 10.9 Å². The number of nitrogens with zero attached hydrogens (tertiary/aromatic N) is 5. The number of ether oxygens (including phenoxy) is 1. The van der Waals surface area contributed by atoms with Crippen molar-refractivity contribution in [3.63, 3.8) is 0 Å². The highest BCUT2D eigenvalue weighted by Gasteiger charge is 2.21. The maximum atomic E-state index is 12.5. The highest BCUT2D eigenvalue weighted by atomic mass is 32.1. The van der Waals surface area contributed by atoms with E-state index >= 15 is 0 Å². The van der Waals surface area contributed by atoms with E-state index in [1.807, 2.05) is 29.8 Å². The predicted molar refractivity (Wildman–Crippen MR) is 112 cm³/mol. The van der Waals surface area contributed by atoms with Gasteiger partial charge < -0.3 is 14.5 Å². The van der Waals surface area contributed by atoms with Gasteiger partial charge in [0.05, 0.1) is 13.2 Å². The van der Waals surface area contributed by atoms with Crippen LogP contribution in [0, 0.1) is 0 Å². The molecule has 150 valence electrons. The third-order valence-electron chi connectivity index (χ3n) is 5.28. The van der Waals surface area contributed by atoms with E-state index in [1.54, 1.807) is 11.3 Å². The van der Waals surface area contributed by atoms with Crippen molar-refractivity contribution < 1.29 is 9.53 Å².